The molecule has 0 atom stereocenters. The highest BCUT2D eigenvalue weighted by Gasteiger charge is 2.08. The number of anilines is 1. The van der Waals surface area contributed by atoms with E-state index >= 15 is 0 Å². The first-order chi connectivity index (χ1) is 9.61. The van der Waals surface area contributed by atoms with Crippen LogP contribution in [0.3, 0.4) is 0 Å². The smallest absolute Gasteiger partial charge is 0.255 e. The highest BCUT2D eigenvalue weighted by atomic mass is 127. The molecular formula is C15H11IN2O2. The fraction of sp³-hybridized carbons (Fsp3) is 0.0667. The predicted molar refractivity (Wildman–Crippen MR) is 85.9 cm³/mol. The Hall–Kier alpha value is -1.89. The van der Waals surface area contributed by atoms with Gasteiger partial charge >= 0.3 is 0 Å². The Labute approximate surface area is 129 Å². The van der Waals surface area contributed by atoms with Crippen molar-refractivity contribution < 1.29 is 9.21 Å². The van der Waals surface area contributed by atoms with Gasteiger partial charge in [0.25, 0.3) is 5.91 Å². The molecular weight excluding hydrogens is 367 g/mol. The molecule has 3 aromatic rings. The van der Waals surface area contributed by atoms with Gasteiger partial charge in [-0.2, -0.15) is 0 Å². The maximum absolute atomic E-state index is 12.1. The fourth-order valence-corrected chi connectivity index (χ4v) is 2.50. The standard InChI is InChI=1S/C15H11IN2O2/c1-9-17-13-8-12(5-6-14(13)20-9)18-15(19)10-3-2-4-11(16)7-10/h2-8H,1H3,(H,18,19). The Morgan fingerprint density at radius 3 is 2.90 bits per heavy atom. The lowest BCUT2D eigenvalue weighted by atomic mass is 10.2. The molecule has 20 heavy (non-hydrogen) atoms. The monoisotopic (exact) mass is 378 g/mol. The zero-order chi connectivity index (χ0) is 14.1. The molecule has 0 aliphatic heterocycles. The van der Waals surface area contributed by atoms with Crippen LogP contribution < -0.4 is 5.32 Å². The minimum atomic E-state index is -0.136. The van der Waals surface area contributed by atoms with Crippen molar-refractivity contribution >= 4 is 45.3 Å². The third kappa shape index (κ3) is 2.67. The number of carbonyl (C=O) groups excluding carboxylic acids is 1. The molecule has 100 valence electrons. The van der Waals surface area contributed by atoms with Crippen LogP contribution in [0, 0.1) is 10.5 Å². The third-order valence-electron chi connectivity index (χ3n) is 2.84. The van der Waals surface area contributed by atoms with E-state index in [1.165, 1.54) is 0 Å². The quantitative estimate of drug-likeness (QED) is 0.686. The van der Waals surface area contributed by atoms with E-state index in [1.807, 2.05) is 18.2 Å². The zero-order valence-electron chi connectivity index (χ0n) is 10.7. The van der Waals surface area contributed by atoms with Gasteiger partial charge in [-0.25, -0.2) is 4.98 Å². The second-order valence-corrected chi connectivity index (χ2v) is 5.63. The Bertz CT molecular complexity index is 795. The maximum atomic E-state index is 12.1. The number of nitrogens with zero attached hydrogens (tertiary/aromatic N) is 1. The van der Waals surface area contributed by atoms with E-state index in [4.69, 9.17) is 4.42 Å². The SMILES string of the molecule is Cc1nc2cc(NC(=O)c3cccc(I)c3)ccc2o1. The first-order valence-corrected chi connectivity index (χ1v) is 7.14. The molecule has 0 unspecified atom stereocenters. The maximum Gasteiger partial charge on any atom is 0.255 e. The molecule has 0 spiro atoms. The minimum absolute atomic E-state index is 0.136. The van der Waals surface area contributed by atoms with Gasteiger partial charge in [-0.3, -0.25) is 4.79 Å². The lowest BCUT2D eigenvalue weighted by Crippen LogP contribution is -2.11. The number of nitrogens with one attached hydrogen (secondary N) is 1. The van der Waals surface area contributed by atoms with Crippen molar-refractivity contribution in [3.63, 3.8) is 0 Å². The molecule has 3 rings (SSSR count). The normalized spacial score (nSPS) is 10.7. The predicted octanol–water partition coefficient (Wildman–Crippen LogP) is 3.99. The van der Waals surface area contributed by atoms with Gasteiger partial charge in [0.15, 0.2) is 11.5 Å². The molecule has 1 amide bonds. The van der Waals surface area contributed by atoms with Crippen molar-refractivity contribution in [1.29, 1.82) is 0 Å². The molecule has 1 N–H and O–H groups in total. The van der Waals surface area contributed by atoms with Gasteiger partial charge in [-0.1, -0.05) is 6.07 Å². The molecule has 4 nitrogen and oxygen atoms in total. The summed E-state index contributed by atoms with van der Waals surface area (Å²) in [6, 6.07) is 12.9. The first-order valence-electron chi connectivity index (χ1n) is 6.06. The second kappa shape index (κ2) is 5.24. The van der Waals surface area contributed by atoms with E-state index in [0.717, 1.165) is 14.7 Å². The number of hydrogen-bond acceptors (Lipinski definition) is 3. The summed E-state index contributed by atoms with van der Waals surface area (Å²) in [7, 11) is 0. The van der Waals surface area contributed by atoms with E-state index < -0.39 is 0 Å². The number of carbonyl (C=O) groups is 1. The number of hydrogen-bond donors (Lipinski definition) is 1. The van der Waals surface area contributed by atoms with Crippen LogP contribution in [0.1, 0.15) is 16.2 Å². The van der Waals surface area contributed by atoms with E-state index in [1.54, 1.807) is 31.2 Å². The molecule has 2 aromatic carbocycles. The topological polar surface area (TPSA) is 55.1 Å². The largest absolute Gasteiger partial charge is 0.441 e. The summed E-state index contributed by atoms with van der Waals surface area (Å²) in [5.41, 5.74) is 2.79. The first kappa shape index (κ1) is 13.1. The number of aromatic nitrogens is 1. The molecule has 0 aliphatic carbocycles. The lowest BCUT2D eigenvalue weighted by molar-refractivity contribution is 0.102. The summed E-state index contributed by atoms with van der Waals surface area (Å²) < 4.78 is 6.43. The van der Waals surface area contributed by atoms with Gasteiger partial charge in [0.2, 0.25) is 0 Å². The van der Waals surface area contributed by atoms with Gasteiger partial charge in [0.05, 0.1) is 0 Å². The number of aryl methyl sites for hydroxylation is 1. The Kier molecular flexibility index (Phi) is 3.43. The van der Waals surface area contributed by atoms with Gasteiger partial charge < -0.3 is 9.73 Å². The Morgan fingerprint density at radius 2 is 2.10 bits per heavy atom. The number of halogens is 1. The van der Waals surface area contributed by atoms with Crippen LogP contribution in [-0.4, -0.2) is 10.9 Å². The summed E-state index contributed by atoms with van der Waals surface area (Å²) >= 11 is 2.18. The average Bonchev–Trinajstić information content (AvgIpc) is 2.78. The van der Waals surface area contributed by atoms with Crippen LogP contribution >= 0.6 is 22.6 Å². The van der Waals surface area contributed by atoms with Gasteiger partial charge in [-0.15, -0.1) is 0 Å². The molecule has 0 aliphatic rings. The van der Waals surface area contributed by atoms with Crippen molar-refractivity contribution in [2.75, 3.05) is 5.32 Å². The molecule has 5 heteroatoms. The molecule has 0 saturated carbocycles. The molecule has 1 aromatic heterocycles. The van der Waals surface area contributed by atoms with Gasteiger partial charge in [0, 0.05) is 21.7 Å². The van der Waals surface area contributed by atoms with Crippen molar-refractivity contribution in [3.05, 3.63) is 57.5 Å². The van der Waals surface area contributed by atoms with E-state index in [2.05, 4.69) is 32.9 Å². The number of benzene rings is 2. The van der Waals surface area contributed by atoms with E-state index in [-0.39, 0.29) is 5.91 Å². The average molecular weight is 378 g/mol. The fourth-order valence-electron chi connectivity index (χ4n) is 1.95. The van der Waals surface area contributed by atoms with Crippen LogP contribution in [0.15, 0.2) is 46.9 Å². The molecule has 0 bridgehead atoms. The van der Waals surface area contributed by atoms with Crippen molar-refractivity contribution in [2.24, 2.45) is 0 Å². The van der Waals surface area contributed by atoms with Crippen molar-refractivity contribution in [3.8, 4) is 0 Å². The number of fused-ring (bicyclic) bond motifs is 1. The van der Waals surface area contributed by atoms with E-state index in [9.17, 15) is 4.79 Å². The molecule has 0 fully saturated rings. The van der Waals surface area contributed by atoms with Gasteiger partial charge in [0.1, 0.15) is 5.52 Å². The van der Waals surface area contributed by atoms with Gasteiger partial charge in [-0.05, 0) is 59.0 Å². The number of rotatable bonds is 2. The highest BCUT2D eigenvalue weighted by molar-refractivity contribution is 14.1. The highest BCUT2D eigenvalue weighted by Crippen LogP contribution is 2.20. The second-order valence-electron chi connectivity index (χ2n) is 4.38. The minimum Gasteiger partial charge on any atom is -0.441 e. The summed E-state index contributed by atoms with van der Waals surface area (Å²) in [6.07, 6.45) is 0. The van der Waals surface area contributed by atoms with E-state index in [0.29, 0.717) is 17.1 Å². The van der Waals surface area contributed by atoms with Crippen LogP contribution in [-0.2, 0) is 0 Å². The van der Waals surface area contributed by atoms with Crippen LogP contribution in [0.4, 0.5) is 5.69 Å². The molecule has 1 heterocycles. The Morgan fingerprint density at radius 1 is 1.25 bits per heavy atom. The summed E-state index contributed by atoms with van der Waals surface area (Å²) in [4.78, 5) is 16.4. The van der Waals surface area contributed by atoms with Crippen LogP contribution in [0.5, 0.6) is 0 Å². The number of oxazole rings is 1. The number of amides is 1. The summed E-state index contributed by atoms with van der Waals surface area (Å²) in [6.45, 7) is 1.80. The molecule has 0 saturated heterocycles. The summed E-state index contributed by atoms with van der Waals surface area (Å²) in [5.74, 6) is 0.476. The van der Waals surface area contributed by atoms with Crippen LogP contribution in [0.25, 0.3) is 11.1 Å². The van der Waals surface area contributed by atoms with Crippen molar-refractivity contribution in [2.45, 2.75) is 6.92 Å². The van der Waals surface area contributed by atoms with Crippen molar-refractivity contribution in [1.82, 2.24) is 4.98 Å². The lowest BCUT2D eigenvalue weighted by Gasteiger charge is -2.05. The molecule has 0 radical (unpaired) electrons. The Balaban J connectivity index is 1.87. The van der Waals surface area contributed by atoms with Crippen LogP contribution in [0.2, 0.25) is 0 Å². The third-order valence-corrected chi connectivity index (χ3v) is 3.51. The zero-order valence-corrected chi connectivity index (χ0v) is 12.8. The summed E-state index contributed by atoms with van der Waals surface area (Å²) in [5, 5.41) is 2.86.